The van der Waals surface area contributed by atoms with Crippen molar-refractivity contribution in [3.8, 4) is 0 Å². The highest BCUT2D eigenvalue weighted by Gasteiger charge is 2.19. The third-order valence-corrected chi connectivity index (χ3v) is 5.22. The lowest BCUT2D eigenvalue weighted by molar-refractivity contribution is -0.918. The summed E-state index contributed by atoms with van der Waals surface area (Å²) < 4.78 is 0. The van der Waals surface area contributed by atoms with Crippen LogP contribution in [-0.4, -0.2) is 42.3 Å². The Morgan fingerprint density at radius 1 is 1.04 bits per heavy atom. The first kappa shape index (κ1) is 18.1. The average molecular weight is 375 g/mol. The van der Waals surface area contributed by atoms with Crippen molar-refractivity contribution in [3.05, 3.63) is 88.0 Å². The van der Waals surface area contributed by atoms with Gasteiger partial charge in [-0.25, -0.2) is 0 Å². The number of rotatable bonds is 5. The molecule has 1 aliphatic heterocycles. The Bertz CT molecular complexity index is 1000. The van der Waals surface area contributed by atoms with E-state index in [9.17, 15) is 10.1 Å². The molecule has 0 atom stereocenters. The quantitative estimate of drug-likeness (QED) is 0.423. The Morgan fingerprint density at radius 3 is 2.61 bits per heavy atom. The van der Waals surface area contributed by atoms with E-state index in [-0.39, 0.29) is 10.6 Å². The molecule has 6 heteroatoms. The van der Waals surface area contributed by atoms with Crippen molar-refractivity contribution in [2.75, 3.05) is 26.2 Å². The first-order valence-corrected chi connectivity index (χ1v) is 9.53. The van der Waals surface area contributed by atoms with Crippen molar-refractivity contribution in [3.63, 3.8) is 0 Å². The van der Waals surface area contributed by atoms with E-state index in [1.54, 1.807) is 23.2 Å². The van der Waals surface area contributed by atoms with Crippen LogP contribution in [0.15, 0.2) is 71.8 Å². The van der Waals surface area contributed by atoms with E-state index >= 15 is 0 Å². The first-order valence-electron chi connectivity index (χ1n) is 9.53. The van der Waals surface area contributed by atoms with Crippen molar-refractivity contribution >= 4 is 22.7 Å². The second-order valence-corrected chi connectivity index (χ2v) is 7.12. The zero-order chi connectivity index (χ0) is 19.3. The summed E-state index contributed by atoms with van der Waals surface area (Å²) in [5.41, 5.74) is 2.23. The Hall–Kier alpha value is -3.25. The standard InChI is InChI=1S/C22H22N4O2/c27-26(28)21-9-3-5-18(15-21)16-23-25-13-11-24(12-14-25)17-20-8-4-7-19-6-1-2-10-22(19)20/h1-10,15-16H,11-14,17H2/p+1. The molecular formula is C22H23N4O2+. The lowest BCUT2D eigenvalue weighted by Crippen LogP contribution is -3.13. The van der Waals surface area contributed by atoms with Crippen LogP contribution in [-0.2, 0) is 6.54 Å². The number of hydrogen-bond acceptors (Lipinski definition) is 4. The third kappa shape index (κ3) is 4.18. The van der Waals surface area contributed by atoms with Crippen LogP contribution in [0.5, 0.6) is 0 Å². The van der Waals surface area contributed by atoms with Gasteiger partial charge in [-0.15, -0.1) is 0 Å². The normalized spacial score (nSPS) is 15.4. The summed E-state index contributed by atoms with van der Waals surface area (Å²) >= 11 is 0. The zero-order valence-electron chi connectivity index (χ0n) is 15.6. The molecule has 1 saturated heterocycles. The molecule has 1 fully saturated rings. The maximum absolute atomic E-state index is 10.9. The molecule has 28 heavy (non-hydrogen) atoms. The molecule has 4 rings (SSSR count). The summed E-state index contributed by atoms with van der Waals surface area (Å²) in [6.07, 6.45) is 1.71. The molecule has 0 bridgehead atoms. The highest BCUT2D eigenvalue weighted by Crippen LogP contribution is 2.17. The molecule has 3 aromatic rings. The number of nitrogens with zero attached hydrogens (tertiary/aromatic N) is 3. The second-order valence-electron chi connectivity index (χ2n) is 7.12. The predicted octanol–water partition coefficient (Wildman–Crippen LogP) is 2.48. The number of non-ortho nitro benzene ring substituents is 1. The Kier molecular flexibility index (Phi) is 5.30. The Morgan fingerprint density at radius 2 is 1.79 bits per heavy atom. The summed E-state index contributed by atoms with van der Waals surface area (Å²) in [7, 11) is 0. The van der Waals surface area contributed by atoms with E-state index in [0.717, 1.165) is 38.3 Å². The highest BCUT2D eigenvalue weighted by atomic mass is 16.6. The van der Waals surface area contributed by atoms with Crippen LogP contribution in [0, 0.1) is 10.1 Å². The van der Waals surface area contributed by atoms with E-state index < -0.39 is 0 Å². The first-order chi connectivity index (χ1) is 13.7. The molecule has 1 N–H and O–H groups in total. The van der Waals surface area contributed by atoms with E-state index in [2.05, 4.69) is 47.6 Å². The summed E-state index contributed by atoms with van der Waals surface area (Å²) in [6, 6.07) is 21.6. The van der Waals surface area contributed by atoms with Gasteiger partial charge in [0.05, 0.1) is 37.3 Å². The maximum Gasteiger partial charge on any atom is 0.270 e. The second kappa shape index (κ2) is 8.19. The van der Waals surface area contributed by atoms with Crippen LogP contribution < -0.4 is 4.90 Å². The summed E-state index contributed by atoms with van der Waals surface area (Å²) in [4.78, 5) is 12.0. The van der Waals surface area contributed by atoms with Gasteiger partial charge in [-0.2, -0.15) is 5.10 Å². The van der Waals surface area contributed by atoms with Crippen molar-refractivity contribution in [1.82, 2.24) is 5.01 Å². The molecule has 0 radical (unpaired) electrons. The largest absolute Gasteiger partial charge is 0.328 e. The fraction of sp³-hybridized carbons (Fsp3) is 0.227. The minimum Gasteiger partial charge on any atom is -0.328 e. The number of benzene rings is 3. The molecule has 6 nitrogen and oxygen atoms in total. The zero-order valence-corrected chi connectivity index (χ0v) is 15.6. The molecule has 142 valence electrons. The topological polar surface area (TPSA) is 63.2 Å². The van der Waals surface area contributed by atoms with Crippen LogP contribution in [0.4, 0.5) is 5.69 Å². The van der Waals surface area contributed by atoms with Gasteiger partial charge < -0.3 is 4.90 Å². The van der Waals surface area contributed by atoms with E-state index in [1.165, 1.54) is 22.4 Å². The molecule has 1 heterocycles. The predicted molar refractivity (Wildman–Crippen MR) is 111 cm³/mol. The van der Waals surface area contributed by atoms with Crippen LogP contribution in [0.3, 0.4) is 0 Å². The smallest absolute Gasteiger partial charge is 0.270 e. The molecule has 0 aromatic heterocycles. The fourth-order valence-corrected chi connectivity index (χ4v) is 3.69. The van der Waals surface area contributed by atoms with Gasteiger partial charge in [-0.3, -0.25) is 15.1 Å². The Balaban J connectivity index is 1.36. The molecule has 0 saturated carbocycles. The number of nitro benzene ring substituents is 1. The van der Waals surface area contributed by atoms with Gasteiger partial charge in [0.25, 0.3) is 5.69 Å². The summed E-state index contributed by atoms with van der Waals surface area (Å²) in [5.74, 6) is 0. The third-order valence-electron chi connectivity index (χ3n) is 5.22. The fourth-order valence-electron chi connectivity index (χ4n) is 3.69. The van der Waals surface area contributed by atoms with Crippen LogP contribution in [0.25, 0.3) is 10.8 Å². The van der Waals surface area contributed by atoms with Gasteiger partial charge in [-0.1, -0.05) is 54.6 Å². The van der Waals surface area contributed by atoms with E-state index in [1.807, 2.05) is 11.1 Å². The number of nitro groups is 1. The van der Waals surface area contributed by atoms with Crippen LogP contribution >= 0.6 is 0 Å². The molecule has 0 aliphatic carbocycles. The van der Waals surface area contributed by atoms with Crippen molar-refractivity contribution in [2.45, 2.75) is 6.54 Å². The van der Waals surface area contributed by atoms with Gasteiger partial charge in [0.1, 0.15) is 6.54 Å². The summed E-state index contributed by atoms with van der Waals surface area (Å²) in [5, 5.41) is 20.1. The van der Waals surface area contributed by atoms with Gasteiger partial charge in [0.15, 0.2) is 0 Å². The lowest BCUT2D eigenvalue weighted by Gasteiger charge is -2.30. The average Bonchev–Trinajstić information content (AvgIpc) is 2.74. The van der Waals surface area contributed by atoms with Crippen molar-refractivity contribution < 1.29 is 9.82 Å². The van der Waals surface area contributed by atoms with E-state index in [4.69, 9.17) is 0 Å². The minimum atomic E-state index is -0.382. The SMILES string of the molecule is O=[N+]([O-])c1cccc(C=NN2CC[NH+](Cc3cccc4ccccc34)CC2)c1. The minimum absolute atomic E-state index is 0.0910. The van der Waals surface area contributed by atoms with Crippen molar-refractivity contribution in [1.29, 1.82) is 0 Å². The molecule has 0 spiro atoms. The number of piperazine rings is 1. The molecule has 3 aromatic carbocycles. The van der Waals surface area contributed by atoms with E-state index in [0.29, 0.717) is 0 Å². The molecule has 0 amide bonds. The van der Waals surface area contributed by atoms with Crippen molar-refractivity contribution in [2.24, 2.45) is 5.10 Å². The number of quaternary nitrogens is 1. The summed E-state index contributed by atoms with van der Waals surface area (Å²) in [6.45, 7) is 4.83. The van der Waals surface area contributed by atoms with Crippen LogP contribution in [0.1, 0.15) is 11.1 Å². The van der Waals surface area contributed by atoms with Gasteiger partial charge in [-0.05, 0) is 10.8 Å². The molecular weight excluding hydrogens is 352 g/mol. The lowest BCUT2D eigenvalue weighted by atomic mass is 10.0. The number of hydrazone groups is 1. The maximum atomic E-state index is 10.9. The Labute approximate surface area is 163 Å². The monoisotopic (exact) mass is 375 g/mol. The van der Waals surface area contributed by atoms with Gasteiger partial charge in [0.2, 0.25) is 0 Å². The number of nitrogens with one attached hydrogen (secondary N) is 1. The highest BCUT2D eigenvalue weighted by molar-refractivity contribution is 5.85. The van der Waals surface area contributed by atoms with Gasteiger partial charge >= 0.3 is 0 Å². The number of fused-ring (bicyclic) bond motifs is 1. The molecule has 0 unspecified atom stereocenters. The van der Waals surface area contributed by atoms with Gasteiger partial charge in [0, 0.05) is 23.3 Å². The number of hydrogen-bond donors (Lipinski definition) is 1. The van der Waals surface area contributed by atoms with Crippen LogP contribution in [0.2, 0.25) is 0 Å². The molecule has 1 aliphatic rings.